The Morgan fingerprint density at radius 3 is 2.66 bits per heavy atom. The van der Waals surface area contributed by atoms with Gasteiger partial charge in [-0.25, -0.2) is 9.78 Å². The van der Waals surface area contributed by atoms with Crippen LogP contribution < -0.4 is 10.1 Å². The van der Waals surface area contributed by atoms with Crippen LogP contribution in [0.15, 0.2) is 54.7 Å². The number of pyridine rings is 1. The first-order chi connectivity index (χ1) is 15.5. The van der Waals surface area contributed by atoms with E-state index in [2.05, 4.69) is 27.0 Å². The lowest BCUT2D eigenvalue weighted by Crippen LogP contribution is -2.11. The van der Waals surface area contributed by atoms with Crippen LogP contribution in [-0.4, -0.2) is 32.7 Å². The maximum absolute atomic E-state index is 11.4. The quantitative estimate of drug-likeness (QED) is 0.424. The first-order valence-electron chi connectivity index (χ1n) is 10.5. The van der Waals surface area contributed by atoms with Crippen LogP contribution in [0, 0.1) is 13.8 Å². The average Bonchev–Trinajstić information content (AvgIpc) is 3.14. The molecule has 0 saturated heterocycles. The molecule has 7 nitrogen and oxygen atoms in total. The molecule has 7 heteroatoms. The van der Waals surface area contributed by atoms with Gasteiger partial charge in [-0.1, -0.05) is 30.3 Å². The van der Waals surface area contributed by atoms with Gasteiger partial charge in [0.1, 0.15) is 5.75 Å². The zero-order chi connectivity index (χ0) is 22.7. The number of anilines is 1. The van der Waals surface area contributed by atoms with Crippen LogP contribution in [-0.2, 0) is 19.5 Å². The number of nitrogens with one attached hydrogen (secondary N) is 1. The Bertz CT molecular complexity index is 1270. The molecule has 0 spiro atoms. The number of aromatic carboxylic acids is 1. The lowest BCUT2D eigenvalue weighted by Gasteiger charge is -2.14. The summed E-state index contributed by atoms with van der Waals surface area (Å²) in [4.78, 5) is 20.7. The molecule has 164 valence electrons. The Hall–Kier alpha value is -3.87. The summed E-state index contributed by atoms with van der Waals surface area (Å²) in [6, 6.07) is 15.3. The second kappa shape index (κ2) is 9.09. The van der Waals surface area contributed by atoms with Crippen LogP contribution >= 0.6 is 0 Å². The summed E-state index contributed by atoms with van der Waals surface area (Å²) in [5.74, 6) is 0.548. The molecule has 2 heterocycles. The van der Waals surface area contributed by atoms with E-state index >= 15 is 0 Å². The maximum atomic E-state index is 11.4. The van der Waals surface area contributed by atoms with E-state index in [1.165, 1.54) is 5.56 Å². The van der Waals surface area contributed by atoms with Gasteiger partial charge in [0.25, 0.3) is 0 Å². The van der Waals surface area contributed by atoms with Crippen LogP contribution in [0.1, 0.15) is 32.7 Å². The third-order valence-electron chi connectivity index (χ3n) is 5.63. The van der Waals surface area contributed by atoms with Crippen molar-refractivity contribution in [3.63, 3.8) is 0 Å². The fourth-order valence-electron chi connectivity index (χ4n) is 3.92. The van der Waals surface area contributed by atoms with Crippen molar-refractivity contribution in [2.75, 3.05) is 12.4 Å². The summed E-state index contributed by atoms with van der Waals surface area (Å²) >= 11 is 0. The normalized spacial score (nSPS) is 11.0. The molecule has 4 aromatic rings. The molecule has 2 N–H and O–H groups in total. The molecule has 2 aromatic heterocycles. The van der Waals surface area contributed by atoms with Crippen molar-refractivity contribution in [1.29, 1.82) is 0 Å². The van der Waals surface area contributed by atoms with E-state index in [9.17, 15) is 9.90 Å². The van der Waals surface area contributed by atoms with Crippen LogP contribution in [0.3, 0.4) is 0 Å². The average molecular weight is 431 g/mol. The molecule has 0 unspecified atom stereocenters. The molecule has 0 aliphatic heterocycles. The SMILES string of the molecule is COc1c(C)cnc(CNc2nc3cc(C(=O)O)ccc3n2CCc2ccccc2)c1C. The molecular formula is C25H26N4O3. The van der Waals surface area contributed by atoms with Crippen molar-refractivity contribution in [2.45, 2.75) is 33.4 Å². The van der Waals surface area contributed by atoms with E-state index in [4.69, 9.17) is 9.72 Å². The summed E-state index contributed by atoms with van der Waals surface area (Å²) in [5.41, 5.74) is 5.83. The number of carboxylic acids is 1. The Labute approximate surface area is 186 Å². The van der Waals surface area contributed by atoms with Gasteiger partial charge < -0.3 is 19.7 Å². The third-order valence-corrected chi connectivity index (χ3v) is 5.63. The zero-order valence-electron chi connectivity index (χ0n) is 18.4. The van der Waals surface area contributed by atoms with Crippen LogP contribution in [0.5, 0.6) is 5.75 Å². The van der Waals surface area contributed by atoms with Crippen molar-refractivity contribution in [3.8, 4) is 5.75 Å². The highest BCUT2D eigenvalue weighted by Crippen LogP contribution is 2.26. The molecule has 0 aliphatic carbocycles. The van der Waals surface area contributed by atoms with Crippen LogP contribution in [0.25, 0.3) is 11.0 Å². The molecular weight excluding hydrogens is 404 g/mol. The number of ether oxygens (including phenoxy) is 1. The number of hydrogen-bond donors (Lipinski definition) is 2. The van der Waals surface area contributed by atoms with Crippen molar-refractivity contribution < 1.29 is 14.6 Å². The molecule has 0 atom stereocenters. The number of fused-ring (bicyclic) bond motifs is 1. The summed E-state index contributed by atoms with van der Waals surface area (Å²) in [6.45, 7) is 5.15. The Kier molecular flexibility index (Phi) is 6.07. The number of imidazole rings is 1. The van der Waals surface area contributed by atoms with E-state index in [-0.39, 0.29) is 5.56 Å². The van der Waals surface area contributed by atoms with E-state index in [0.717, 1.165) is 34.5 Å². The standard InChI is InChI=1S/C25H26N4O3/c1-16-14-26-21(17(2)23(16)32-3)15-27-25-28-20-13-19(24(30)31)9-10-22(20)29(25)12-11-18-7-5-4-6-8-18/h4-10,13-14H,11-12,15H2,1-3H3,(H,27,28)(H,30,31). The largest absolute Gasteiger partial charge is 0.496 e. The van der Waals surface area contributed by atoms with E-state index in [0.29, 0.717) is 24.6 Å². The number of benzene rings is 2. The number of rotatable bonds is 8. The Balaban J connectivity index is 1.66. The highest BCUT2D eigenvalue weighted by Gasteiger charge is 2.15. The molecule has 0 aliphatic rings. The van der Waals surface area contributed by atoms with Gasteiger partial charge in [-0.15, -0.1) is 0 Å². The van der Waals surface area contributed by atoms with Gasteiger partial charge in [0.2, 0.25) is 5.95 Å². The Morgan fingerprint density at radius 2 is 1.94 bits per heavy atom. The lowest BCUT2D eigenvalue weighted by atomic mass is 10.1. The lowest BCUT2D eigenvalue weighted by molar-refractivity contribution is 0.0697. The summed E-state index contributed by atoms with van der Waals surface area (Å²) in [5, 5.41) is 12.8. The van der Waals surface area contributed by atoms with E-state index in [1.807, 2.05) is 38.1 Å². The predicted molar refractivity (Wildman–Crippen MR) is 124 cm³/mol. The minimum atomic E-state index is -0.966. The number of aryl methyl sites for hydroxylation is 3. The first-order valence-corrected chi connectivity index (χ1v) is 10.5. The first kappa shape index (κ1) is 21.4. The van der Waals surface area contributed by atoms with Gasteiger partial charge in [-0.2, -0.15) is 0 Å². The summed E-state index contributed by atoms with van der Waals surface area (Å²) in [6.07, 6.45) is 2.64. The molecule has 0 amide bonds. The Morgan fingerprint density at radius 1 is 1.16 bits per heavy atom. The van der Waals surface area contributed by atoms with Crippen molar-refractivity contribution in [3.05, 3.63) is 82.7 Å². The fourth-order valence-corrected chi connectivity index (χ4v) is 3.92. The highest BCUT2D eigenvalue weighted by atomic mass is 16.5. The molecule has 32 heavy (non-hydrogen) atoms. The smallest absolute Gasteiger partial charge is 0.335 e. The van der Waals surface area contributed by atoms with Gasteiger partial charge in [0.05, 0.1) is 35.9 Å². The van der Waals surface area contributed by atoms with Gasteiger partial charge in [0, 0.05) is 23.9 Å². The molecule has 2 aromatic carbocycles. The van der Waals surface area contributed by atoms with Gasteiger partial charge >= 0.3 is 5.97 Å². The number of aromatic nitrogens is 3. The molecule has 4 rings (SSSR count). The summed E-state index contributed by atoms with van der Waals surface area (Å²) < 4.78 is 7.61. The minimum Gasteiger partial charge on any atom is -0.496 e. The molecule has 0 radical (unpaired) electrons. The highest BCUT2D eigenvalue weighted by molar-refractivity contribution is 5.93. The van der Waals surface area contributed by atoms with E-state index in [1.54, 1.807) is 25.4 Å². The zero-order valence-corrected chi connectivity index (χ0v) is 18.4. The summed E-state index contributed by atoms with van der Waals surface area (Å²) in [7, 11) is 1.66. The number of carbonyl (C=O) groups is 1. The monoisotopic (exact) mass is 430 g/mol. The maximum Gasteiger partial charge on any atom is 0.335 e. The second-order valence-corrected chi connectivity index (χ2v) is 7.73. The predicted octanol–water partition coefficient (Wildman–Crippen LogP) is 4.61. The van der Waals surface area contributed by atoms with Gasteiger partial charge in [-0.3, -0.25) is 4.98 Å². The molecule has 0 fully saturated rings. The van der Waals surface area contributed by atoms with Crippen molar-refractivity contribution >= 4 is 23.0 Å². The number of methoxy groups -OCH3 is 1. The minimum absolute atomic E-state index is 0.220. The second-order valence-electron chi connectivity index (χ2n) is 7.73. The topological polar surface area (TPSA) is 89.3 Å². The number of carboxylic acid groups (broad SMARTS) is 1. The van der Waals surface area contributed by atoms with Crippen molar-refractivity contribution in [2.24, 2.45) is 0 Å². The van der Waals surface area contributed by atoms with Gasteiger partial charge in [-0.05, 0) is 44.0 Å². The molecule has 0 bridgehead atoms. The fraction of sp³-hybridized carbons (Fsp3) is 0.240. The number of hydrogen-bond acceptors (Lipinski definition) is 5. The molecule has 0 saturated carbocycles. The van der Waals surface area contributed by atoms with Crippen molar-refractivity contribution in [1.82, 2.24) is 14.5 Å². The van der Waals surface area contributed by atoms with Crippen LogP contribution in [0.2, 0.25) is 0 Å². The number of nitrogens with zero attached hydrogens (tertiary/aromatic N) is 3. The van der Waals surface area contributed by atoms with Crippen LogP contribution in [0.4, 0.5) is 5.95 Å². The van der Waals surface area contributed by atoms with E-state index < -0.39 is 5.97 Å². The van der Waals surface area contributed by atoms with Gasteiger partial charge in [0.15, 0.2) is 0 Å². The third kappa shape index (κ3) is 4.27.